The van der Waals surface area contributed by atoms with Gasteiger partial charge in [-0.15, -0.1) is 0 Å². The number of halogens is 1. The van der Waals surface area contributed by atoms with Crippen LogP contribution in [0.15, 0.2) is 53.4 Å². The quantitative estimate of drug-likeness (QED) is 0.691. The van der Waals surface area contributed by atoms with Crippen LogP contribution in [-0.2, 0) is 27.8 Å². The van der Waals surface area contributed by atoms with Gasteiger partial charge in [0.15, 0.2) is 0 Å². The lowest BCUT2D eigenvalue weighted by atomic mass is 10.1. The summed E-state index contributed by atoms with van der Waals surface area (Å²) in [5, 5.41) is 0. The summed E-state index contributed by atoms with van der Waals surface area (Å²) in [5.74, 6) is 0. The molecular formula is C22H28FNO3S. The van der Waals surface area contributed by atoms with Gasteiger partial charge in [-0.3, -0.25) is 4.39 Å². The van der Waals surface area contributed by atoms with Gasteiger partial charge in [-0.25, -0.2) is 8.42 Å². The lowest BCUT2D eigenvalue weighted by molar-refractivity contribution is 0.0323. The summed E-state index contributed by atoms with van der Waals surface area (Å²) in [7, 11) is -3.64. The third-order valence-corrected chi connectivity index (χ3v) is 7.15. The van der Waals surface area contributed by atoms with Crippen molar-refractivity contribution in [2.24, 2.45) is 0 Å². The van der Waals surface area contributed by atoms with Crippen molar-refractivity contribution in [2.75, 3.05) is 19.8 Å². The van der Waals surface area contributed by atoms with E-state index in [0.717, 1.165) is 24.0 Å². The molecular weight excluding hydrogens is 377 g/mol. The average molecular weight is 406 g/mol. The Morgan fingerprint density at radius 3 is 2.64 bits per heavy atom. The molecule has 1 aliphatic heterocycles. The van der Waals surface area contributed by atoms with E-state index in [-0.39, 0.29) is 17.4 Å². The normalized spacial score (nSPS) is 18.7. The molecule has 1 fully saturated rings. The third kappa shape index (κ3) is 5.19. The van der Waals surface area contributed by atoms with Gasteiger partial charge in [-0.2, -0.15) is 4.31 Å². The number of nitrogens with zero attached hydrogens (tertiary/aromatic N) is 1. The van der Waals surface area contributed by atoms with Crippen LogP contribution in [0.4, 0.5) is 4.39 Å². The van der Waals surface area contributed by atoms with Gasteiger partial charge in [-0.1, -0.05) is 42.5 Å². The van der Waals surface area contributed by atoms with Crippen molar-refractivity contribution in [3.8, 4) is 0 Å². The van der Waals surface area contributed by atoms with Gasteiger partial charge in [0.2, 0.25) is 10.0 Å². The lowest BCUT2D eigenvalue weighted by Gasteiger charge is -2.22. The van der Waals surface area contributed by atoms with Crippen LogP contribution < -0.4 is 0 Å². The Balaban J connectivity index is 1.68. The van der Waals surface area contributed by atoms with Crippen LogP contribution in [0.25, 0.3) is 0 Å². The second kappa shape index (κ2) is 9.63. The average Bonchev–Trinajstić information content (AvgIpc) is 2.95. The number of aryl methyl sites for hydroxylation is 2. The Kier molecular flexibility index (Phi) is 7.21. The van der Waals surface area contributed by atoms with Gasteiger partial charge >= 0.3 is 0 Å². The van der Waals surface area contributed by atoms with Gasteiger partial charge in [0.25, 0.3) is 0 Å². The Labute approximate surface area is 167 Å². The Morgan fingerprint density at radius 1 is 1.11 bits per heavy atom. The molecule has 0 saturated carbocycles. The van der Waals surface area contributed by atoms with E-state index in [2.05, 4.69) is 0 Å². The summed E-state index contributed by atoms with van der Waals surface area (Å²) < 4.78 is 46.9. The first-order valence-electron chi connectivity index (χ1n) is 9.82. The Bertz CT molecular complexity index is 871. The highest BCUT2D eigenvalue weighted by atomic mass is 32.2. The molecule has 0 radical (unpaired) electrons. The van der Waals surface area contributed by atoms with Crippen molar-refractivity contribution >= 4 is 10.0 Å². The van der Waals surface area contributed by atoms with E-state index in [1.807, 2.05) is 43.3 Å². The van der Waals surface area contributed by atoms with Crippen molar-refractivity contribution in [3.05, 3.63) is 65.2 Å². The topological polar surface area (TPSA) is 46.6 Å². The molecule has 4 nitrogen and oxygen atoms in total. The number of hydrogen-bond acceptors (Lipinski definition) is 3. The molecule has 6 heteroatoms. The smallest absolute Gasteiger partial charge is 0.243 e. The molecule has 3 rings (SSSR count). The van der Waals surface area contributed by atoms with Crippen molar-refractivity contribution in [1.29, 1.82) is 0 Å². The van der Waals surface area contributed by atoms with Crippen LogP contribution in [0.3, 0.4) is 0 Å². The van der Waals surface area contributed by atoms with E-state index < -0.39 is 16.7 Å². The number of hydrogen-bond donors (Lipinski definition) is 0. The zero-order valence-electron chi connectivity index (χ0n) is 16.3. The highest BCUT2D eigenvalue weighted by molar-refractivity contribution is 7.89. The summed E-state index contributed by atoms with van der Waals surface area (Å²) in [6, 6.07) is 15.2. The first-order valence-corrected chi connectivity index (χ1v) is 11.3. The fraction of sp³-hybridized carbons (Fsp3) is 0.455. The largest absolute Gasteiger partial charge is 0.373 e. The number of benzene rings is 2. The molecule has 0 aromatic heterocycles. The van der Waals surface area contributed by atoms with Crippen molar-refractivity contribution in [2.45, 2.75) is 50.2 Å². The highest BCUT2D eigenvalue weighted by Crippen LogP contribution is 2.26. The molecule has 1 saturated heterocycles. The summed E-state index contributed by atoms with van der Waals surface area (Å²) in [6.45, 7) is 2.72. The fourth-order valence-electron chi connectivity index (χ4n) is 3.58. The molecule has 1 aliphatic rings. The second-order valence-electron chi connectivity index (χ2n) is 7.30. The zero-order valence-corrected chi connectivity index (χ0v) is 17.1. The molecule has 2 aromatic carbocycles. The lowest BCUT2D eigenvalue weighted by Crippen LogP contribution is -2.33. The van der Waals surface area contributed by atoms with Crippen LogP contribution >= 0.6 is 0 Å². The predicted molar refractivity (Wildman–Crippen MR) is 108 cm³/mol. The van der Waals surface area contributed by atoms with E-state index >= 15 is 0 Å². The van der Waals surface area contributed by atoms with Gasteiger partial charge in [0, 0.05) is 19.5 Å². The molecule has 1 atom stereocenters. The molecule has 152 valence electrons. The molecule has 0 N–H and O–H groups in total. The molecule has 0 amide bonds. The molecule has 1 unspecified atom stereocenters. The minimum absolute atomic E-state index is 0.0447. The number of alkyl halides is 1. The van der Waals surface area contributed by atoms with E-state index in [1.54, 1.807) is 12.1 Å². The highest BCUT2D eigenvalue weighted by Gasteiger charge is 2.29. The molecule has 2 aromatic rings. The third-order valence-electron chi connectivity index (χ3n) is 5.17. The first kappa shape index (κ1) is 21.0. The van der Waals surface area contributed by atoms with Crippen LogP contribution in [-0.4, -0.2) is 38.6 Å². The molecule has 0 aliphatic carbocycles. The van der Waals surface area contributed by atoms with Crippen LogP contribution in [0.1, 0.15) is 36.0 Å². The van der Waals surface area contributed by atoms with Crippen molar-refractivity contribution < 1.29 is 17.5 Å². The Morgan fingerprint density at radius 2 is 1.89 bits per heavy atom. The summed E-state index contributed by atoms with van der Waals surface area (Å²) in [6.07, 6.45) is 2.41. The maximum absolute atomic E-state index is 13.2. The van der Waals surface area contributed by atoms with E-state index in [9.17, 15) is 12.8 Å². The predicted octanol–water partition coefficient (Wildman–Crippen LogP) is 4.27. The van der Waals surface area contributed by atoms with Gasteiger partial charge in [-0.05, 0) is 48.9 Å². The minimum Gasteiger partial charge on any atom is -0.373 e. The van der Waals surface area contributed by atoms with Crippen LogP contribution in [0.2, 0.25) is 0 Å². The number of rotatable bonds is 7. The summed E-state index contributed by atoms with van der Waals surface area (Å²) in [5.41, 5.74) is 2.53. The van der Waals surface area contributed by atoms with E-state index in [0.29, 0.717) is 31.7 Å². The maximum Gasteiger partial charge on any atom is 0.243 e. The molecule has 1 heterocycles. The van der Waals surface area contributed by atoms with Crippen LogP contribution in [0.5, 0.6) is 0 Å². The standard InChI is InChI=1S/C22H28FNO3S/c1-18-9-10-20(11-13-23)22(16-18)28(25,26)24-14-5-8-21(12-15-24)27-17-19-6-3-2-4-7-19/h2-4,6-7,9-10,16,21H,5,8,11-15,17H2,1H3. The number of ether oxygens (including phenoxy) is 1. The minimum atomic E-state index is -3.64. The first-order chi connectivity index (χ1) is 13.5. The summed E-state index contributed by atoms with van der Waals surface area (Å²) >= 11 is 0. The molecule has 0 spiro atoms. The van der Waals surface area contributed by atoms with Crippen LogP contribution in [0, 0.1) is 6.92 Å². The van der Waals surface area contributed by atoms with Gasteiger partial charge in [0.05, 0.1) is 24.3 Å². The zero-order chi connectivity index (χ0) is 20.0. The van der Waals surface area contributed by atoms with Crippen molar-refractivity contribution in [3.63, 3.8) is 0 Å². The maximum atomic E-state index is 13.2. The SMILES string of the molecule is Cc1ccc(CCF)c(S(=O)(=O)N2CCCC(OCc3ccccc3)CC2)c1. The molecule has 28 heavy (non-hydrogen) atoms. The van der Waals surface area contributed by atoms with Gasteiger partial charge in [0.1, 0.15) is 0 Å². The molecule has 0 bridgehead atoms. The summed E-state index contributed by atoms with van der Waals surface area (Å²) in [4.78, 5) is 0.244. The van der Waals surface area contributed by atoms with Gasteiger partial charge < -0.3 is 4.74 Å². The second-order valence-corrected chi connectivity index (χ2v) is 9.21. The Hall–Kier alpha value is -1.76. The van der Waals surface area contributed by atoms with Crippen molar-refractivity contribution in [1.82, 2.24) is 4.31 Å². The monoisotopic (exact) mass is 405 g/mol. The van der Waals surface area contributed by atoms with E-state index in [4.69, 9.17) is 4.74 Å². The number of sulfonamides is 1. The fourth-order valence-corrected chi connectivity index (χ4v) is 5.41. The van der Waals surface area contributed by atoms with E-state index in [1.165, 1.54) is 4.31 Å².